The van der Waals surface area contributed by atoms with E-state index in [9.17, 15) is 0 Å². The van der Waals surface area contributed by atoms with Gasteiger partial charge in [0.25, 0.3) is 0 Å². The zero-order valence-electron chi connectivity index (χ0n) is 10.6. The lowest BCUT2D eigenvalue weighted by Gasteiger charge is -2.04. The molecule has 2 heterocycles. The van der Waals surface area contributed by atoms with Crippen molar-refractivity contribution in [2.75, 3.05) is 0 Å². The van der Waals surface area contributed by atoms with Crippen molar-refractivity contribution < 1.29 is 0 Å². The summed E-state index contributed by atoms with van der Waals surface area (Å²) < 4.78 is 3.02. The van der Waals surface area contributed by atoms with Gasteiger partial charge in [0.2, 0.25) is 0 Å². The number of hydrogen-bond acceptors (Lipinski definition) is 1. The van der Waals surface area contributed by atoms with Crippen molar-refractivity contribution in [2.45, 2.75) is 0 Å². The predicted octanol–water partition coefficient (Wildman–Crippen LogP) is 4.92. The number of imidazole rings is 1. The standard InChI is InChI=1S/C17H11BrN2/c18-16-15-14-9-5-4-6-12(14)10-11-20(15)17(19-16)13-7-2-1-3-8-13/h1-11H. The van der Waals surface area contributed by atoms with Crippen LogP contribution >= 0.6 is 15.9 Å². The molecule has 0 saturated heterocycles. The van der Waals surface area contributed by atoms with Crippen molar-refractivity contribution in [1.82, 2.24) is 9.38 Å². The Labute approximate surface area is 124 Å². The van der Waals surface area contributed by atoms with Crippen molar-refractivity contribution >= 4 is 32.2 Å². The molecule has 96 valence electrons. The first kappa shape index (κ1) is 11.7. The molecule has 0 amide bonds. The molecule has 0 bridgehead atoms. The molecule has 0 atom stereocenters. The van der Waals surface area contributed by atoms with Crippen LogP contribution in [0.4, 0.5) is 0 Å². The highest BCUT2D eigenvalue weighted by molar-refractivity contribution is 9.10. The fourth-order valence-corrected chi connectivity index (χ4v) is 3.17. The maximum absolute atomic E-state index is 4.69. The first-order valence-electron chi connectivity index (χ1n) is 6.45. The van der Waals surface area contributed by atoms with Crippen molar-refractivity contribution in [3.63, 3.8) is 0 Å². The van der Waals surface area contributed by atoms with Crippen LogP contribution in [0.5, 0.6) is 0 Å². The second-order valence-corrected chi connectivity index (χ2v) is 5.46. The fraction of sp³-hybridized carbons (Fsp3) is 0. The Kier molecular flexibility index (Phi) is 2.60. The van der Waals surface area contributed by atoms with E-state index in [0.717, 1.165) is 21.5 Å². The van der Waals surface area contributed by atoms with Crippen molar-refractivity contribution in [2.24, 2.45) is 0 Å². The number of hydrogen-bond donors (Lipinski definition) is 0. The average Bonchev–Trinajstić information content (AvgIpc) is 2.86. The molecule has 0 saturated carbocycles. The summed E-state index contributed by atoms with van der Waals surface area (Å²) in [7, 11) is 0. The van der Waals surface area contributed by atoms with Crippen LogP contribution in [0.15, 0.2) is 71.5 Å². The van der Waals surface area contributed by atoms with Crippen molar-refractivity contribution in [1.29, 1.82) is 0 Å². The highest BCUT2D eigenvalue weighted by Crippen LogP contribution is 2.31. The molecule has 0 spiro atoms. The largest absolute Gasteiger partial charge is 0.298 e. The summed E-state index contributed by atoms with van der Waals surface area (Å²) in [5.41, 5.74) is 2.23. The summed E-state index contributed by atoms with van der Waals surface area (Å²) in [6.07, 6.45) is 2.08. The molecule has 0 N–H and O–H groups in total. The van der Waals surface area contributed by atoms with Gasteiger partial charge in [-0.2, -0.15) is 0 Å². The highest BCUT2D eigenvalue weighted by atomic mass is 79.9. The summed E-state index contributed by atoms with van der Waals surface area (Å²) >= 11 is 3.60. The monoisotopic (exact) mass is 322 g/mol. The number of nitrogens with zero attached hydrogens (tertiary/aromatic N) is 2. The molecular weight excluding hydrogens is 312 g/mol. The average molecular weight is 323 g/mol. The van der Waals surface area contributed by atoms with Gasteiger partial charge in [0.05, 0.1) is 5.52 Å². The number of halogens is 1. The van der Waals surface area contributed by atoms with Crippen LogP contribution in [0.2, 0.25) is 0 Å². The highest BCUT2D eigenvalue weighted by Gasteiger charge is 2.12. The molecule has 0 aliphatic carbocycles. The first-order valence-corrected chi connectivity index (χ1v) is 7.24. The van der Waals surface area contributed by atoms with E-state index in [2.05, 4.69) is 74.0 Å². The number of rotatable bonds is 1. The lowest BCUT2D eigenvalue weighted by atomic mass is 10.1. The van der Waals surface area contributed by atoms with E-state index in [1.54, 1.807) is 0 Å². The fourth-order valence-electron chi connectivity index (χ4n) is 2.59. The van der Waals surface area contributed by atoms with Gasteiger partial charge in [0, 0.05) is 17.1 Å². The molecule has 20 heavy (non-hydrogen) atoms. The van der Waals surface area contributed by atoms with E-state index in [4.69, 9.17) is 0 Å². The van der Waals surface area contributed by atoms with Crippen molar-refractivity contribution in [3.05, 3.63) is 71.5 Å². The van der Waals surface area contributed by atoms with E-state index in [1.807, 2.05) is 18.2 Å². The van der Waals surface area contributed by atoms with Gasteiger partial charge in [0.1, 0.15) is 10.4 Å². The molecule has 2 nitrogen and oxygen atoms in total. The third-order valence-electron chi connectivity index (χ3n) is 3.52. The van der Waals surface area contributed by atoms with E-state index >= 15 is 0 Å². The molecule has 2 aromatic carbocycles. The van der Waals surface area contributed by atoms with Crippen LogP contribution in [0.1, 0.15) is 0 Å². The third-order valence-corrected chi connectivity index (χ3v) is 4.07. The van der Waals surface area contributed by atoms with Crippen LogP contribution < -0.4 is 0 Å². The van der Waals surface area contributed by atoms with Gasteiger partial charge in [0.15, 0.2) is 0 Å². The van der Waals surface area contributed by atoms with Crippen molar-refractivity contribution in [3.8, 4) is 11.4 Å². The Morgan fingerprint density at radius 3 is 2.45 bits per heavy atom. The summed E-state index contributed by atoms with van der Waals surface area (Å²) in [6.45, 7) is 0. The number of aromatic nitrogens is 2. The van der Waals surface area contributed by atoms with Gasteiger partial charge in [-0.25, -0.2) is 4.98 Å². The number of benzene rings is 2. The maximum atomic E-state index is 4.69. The van der Waals surface area contributed by atoms with Crippen LogP contribution in [-0.4, -0.2) is 9.38 Å². The third kappa shape index (κ3) is 1.67. The molecule has 4 rings (SSSR count). The molecule has 2 aromatic heterocycles. The smallest absolute Gasteiger partial charge is 0.145 e. The minimum atomic E-state index is 0.883. The Balaban J connectivity index is 2.13. The zero-order chi connectivity index (χ0) is 13.5. The molecule has 0 fully saturated rings. The van der Waals surface area contributed by atoms with E-state index < -0.39 is 0 Å². The molecule has 0 radical (unpaired) electrons. The Morgan fingerprint density at radius 2 is 1.60 bits per heavy atom. The van der Waals surface area contributed by atoms with Gasteiger partial charge < -0.3 is 0 Å². The van der Waals surface area contributed by atoms with Gasteiger partial charge in [-0.15, -0.1) is 0 Å². The molecule has 0 aliphatic rings. The second-order valence-electron chi connectivity index (χ2n) is 4.71. The summed E-state index contributed by atoms with van der Waals surface area (Å²) in [5, 5.41) is 2.43. The van der Waals surface area contributed by atoms with E-state index in [1.165, 1.54) is 10.8 Å². The van der Waals surface area contributed by atoms with Crippen LogP contribution in [-0.2, 0) is 0 Å². The topological polar surface area (TPSA) is 17.3 Å². The van der Waals surface area contributed by atoms with Crippen LogP contribution in [0.25, 0.3) is 27.7 Å². The maximum Gasteiger partial charge on any atom is 0.145 e. The summed E-state index contributed by atoms with van der Waals surface area (Å²) in [4.78, 5) is 4.69. The molecule has 4 aromatic rings. The quantitative estimate of drug-likeness (QED) is 0.486. The second kappa shape index (κ2) is 4.46. The molecule has 3 heteroatoms. The zero-order valence-corrected chi connectivity index (χ0v) is 12.2. The lowest BCUT2D eigenvalue weighted by molar-refractivity contribution is 1.17. The SMILES string of the molecule is Brc1nc(-c2ccccc2)n2ccc3ccccc3c12. The van der Waals surface area contributed by atoms with Gasteiger partial charge in [-0.1, -0.05) is 54.6 Å². The summed E-state index contributed by atoms with van der Waals surface area (Å²) in [5.74, 6) is 0.957. The summed E-state index contributed by atoms with van der Waals surface area (Å²) in [6, 6.07) is 20.7. The molecule has 0 unspecified atom stereocenters. The Bertz CT molecular complexity index is 910. The normalized spacial score (nSPS) is 11.2. The van der Waals surface area contributed by atoms with E-state index in [-0.39, 0.29) is 0 Å². The van der Waals surface area contributed by atoms with Crippen LogP contribution in [0, 0.1) is 0 Å². The van der Waals surface area contributed by atoms with Gasteiger partial charge >= 0.3 is 0 Å². The molecule has 0 aliphatic heterocycles. The van der Waals surface area contributed by atoms with Crippen LogP contribution in [0.3, 0.4) is 0 Å². The molecular formula is C17H11BrN2. The van der Waals surface area contributed by atoms with Gasteiger partial charge in [-0.3, -0.25) is 4.40 Å². The van der Waals surface area contributed by atoms with E-state index in [0.29, 0.717) is 0 Å². The Morgan fingerprint density at radius 1 is 0.850 bits per heavy atom. The minimum absolute atomic E-state index is 0.883. The van der Waals surface area contributed by atoms with Gasteiger partial charge in [-0.05, 0) is 27.4 Å². The Hall–Kier alpha value is -2.13. The minimum Gasteiger partial charge on any atom is -0.298 e. The first-order chi connectivity index (χ1) is 9.84. The number of fused-ring (bicyclic) bond motifs is 3. The predicted molar refractivity (Wildman–Crippen MR) is 85.8 cm³/mol. The number of pyridine rings is 1. The lowest BCUT2D eigenvalue weighted by Crippen LogP contribution is -1.89.